The number of methoxy groups -OCH3 is 2. The van der Waals surface area contributed by atoms with Crippen LogP contribution in [-0.2, 0) is 11.3 Å². The molecule has 178 valence electrons. The predicted octanol–water partition coefficient (Wildman–Crippen LogP) is 2.61. The highest BCUT2D eigenvalue weighted by atomic mass is 19.1. The summed E-state index contributed by atoms with van der Waals surface area (Å²) < 4.78 is 27.0. The Morgan fingerprint density at radius 2 is 2.03 bits per heavy atom. The zero-order chi connectivity index (χ0) is 24.1. The van der Waals surface area contributed by atoms with E-state index < -0.39 is 11.7 Å². The quantitative estimate of drug-likeness (QED) is 0.343. The lowest BCUT2D eigenvalue weighted by Gasteiger charge is -2.21. The number of hydrogen-bond donors (Lipinski definition) is 4. The van der Waals surface area contributed by atoms with Crippen LogP contribution in [0.3, 0.4) is 0 Å². The fraction of sp³-hybridized carbons (Fsp3) is 0.409. The number of anilines is 3. The molecule has 1 amide bonds. The molecule has 33 heavy (non-hydrogen) atoms. The minimum absolute atomic E-state index is 0.0232. The van der Waals surface area contributed by atoms with Crippen molar-refractivity contribution in [1.29, 1.82) is 0 Å². The first-order valence-corrected chi connectivity index (χ1v) is 10.6. The maximum absolute atomic E-state index is 14.6. The standard InChI is InChI=1S/C22H30FN7O3/c1-5-17(24)12(2)26-21-16(23)11-15(19(25)31)20(28-21)27-13-6-7-18-14(10-13)22(33-4)29-30(18)8-9-32-3/h6-7,10-12,17H,5,8-9,24H2,1-4H3,(H2,25,31)(H2,26,27,28)/t12-,17+/m1/s1. The van der Waals surface area contributed by atoms with E-state index in [9.17, 15) is 9.18 Å². The molecular weight excluding hydrogens is 429 g/mol. The number of hydrogen-bond acceptors (Lipinski definition) is 8. The van der Waals surface area contributed by atoms with Crippen LogP contribution in [-0.4, -0.2) is 53.6 Å². The van der Waals surface area contributed by atoms with Crippen molar-refractivity contribution < 1.29 is 18.7 Å². The number of primary amides is 1. The van der Waals surface area contributed by atoms with Crippen LogP contribution in [0, 0.1) is 5.82 Å². The molecule has 3 aromatic rings. The normalized spacial score (nSPS) is 13.0. The highest BCUT2D eigenvalue weighted by molar-refractivity contribution is 5.99. The molecule has 11 heteroatoms. The van der Waals surface area contributed by atoms with Crippen LogP contribution in [0.5, 0.6) is 5.88 Å². The summed E-state index contributed by atoms with van der Waals surface area (Å²) in [5, 5.41) is 11.2. The van der Waals surface area contributed by atoms with Gasteiger partial charge in [-0.15, -0.1) is 5.10 Å². The van der Waals surface area contributed by atoms with Gasteiger partial charge in [0.25, 0.3) is 5.91 Å². The molecule has 2 atom stereocenters. The molecule has 2 aromatic heterocycles. The monoisotopic (exact) mass is 459 g/mol. The van der Waals surface area contributed by atoms with Gasteiger partial charge in [-0.05, 0) is 37.6 Å². The first-order valence-electron chi connectivity index (χ1n) is 10.6. The highest BCUT2D eigenvalue weighted by Gasteiger charge is 2.20. The molecule has 0 spiro atoms. The molecule has 0 radical (unpaired) electrons. The Balaban J connectivity index is 1.98. The van der Waals surface area contributed by atoms with E-state index in [2.05, 4.69) is 20.7 Å². The molecule has 0 aliphatic carbocycles. The SMILES string of the molecule is CC[C@H](N)[C@@H](C)Nc1nc(Nc2ccc3c(c2)c(OC)nn3CCOC)c(C(N)=O)cc1F. The number of benzene rings is 1. The number of rotatable bonds is 11. The van der Waals surface area contributed by atoms with E-state index in [1.54, 1.807) is 17.9 Å². The number of nitrogens with zero attached hydrogens (tertiary/aromatic N) is 3. The number of fused-ring (bicyclic) bond motifs is 1. The Bertz CT molecular complexity index is 1130. The highest BCUT2D eigenvalue weighted by Crippen LogP contribution is 2.30. The molecule has 3 rings (SSSR count). The van der Waals surface area contributed by atoms with Crippen LogP contribution in [0.15, 0.2) is 24.3 Å². The number of aromatic nitrogens is 3. The zero-order valence-electron chi connectivity index (χ0n) is 19.2. The Morgan fingerprint density at radius 1 is 1.27 bits per heavy atom. The number of nitrogens with one attached hydrogen (secondary N) is 2. The zero-order valence-corrected chi connectivity index (χ0v) is 19.2. The predicted molar refractivity (Wildman–Crippen MR) is 126 cm³/mol. The second kappa shape index (κ2) is 10.5. The molecule has 10 nitrogen and oxygen atoms in total. The summed E-state index contributed by atoms with van der Waals surface area (Å²) in [4.78, 5) is 16.3. The summed E-state index contributed by atoms with van der Waals surface area (Å²) in [7, 11) is 3.16. The average Bonchev–Trinajstić information content (AvgIpc) is 3.15. The van der Waals surface area contributed by atoms with Crippen molar-refractivity contribution >= 4 is 34.1 Å². The van der Waals surface area contributed by atoms with Crippen LogP contribution in [0.1, 0.15) is 30.6 Å². The molecule has 1 aromatic carbocycles. The van der Waals surface area contributed by atoms with Gasteiger partial charge in [0.2, 0.25) is 5.88 Å². The largest absolute Gasteiger partial charge is 0.479 e. The molecule has 0 fully saturated rings. The summed E-state index contributed by atoms with van der Waals surface area (Å²) in [6.07, 6.45) is 0.709. The molecule has 0 aliphatic heterocycles. The Kier molecular flexibility index (Phi) is 7.67. The van der Waals surface area contributed by atoms with Crippen molar-refractivity contribution in [3.05, 3.63) is 35.6 Å². The van der Waals surface area contributed by atoms with Crippen LogP contribution in [0.25, 0.3) is 10.9 Å². The Hall–Kier alpha value is -3.44. The topological polar surface area (TPSA) is 142 Å². The van der Waals surface area contributed by atoms with Gasteiger partial charge in [0, 0.05) is 24.9 Å². The van der Waals surface area contributed by atoms with Gasteiger partial charge in [-0.25, -0.2) is 9.37 Å². The molecule has 0 saturated carbocycles. The third-order valence-electron chi connectivity index (χ3n) is 5.40. The minimum Gasteiger partial charge on any atom is -0.479 e. The van der Waals surface area contributed by atoms with Crippen LogP contribution in [0.2, 0.25) is 0 Å². The lowest BCUT2D eigenvalue weighted by atomic mass is 10.1. The van der Waals surface area contributed by atoms with Crippen molar-refractivity contribution in [1.82, 2.24) is 14.8 Å². The summed E-state index contributed by atoms with van der Waals surface area (Å²) in [5.41, 5.74) is 12.9. The number of carbonyl (C=O) groups is 1. The van der Waals surface area contributed by atoms with Crippen molar-refractivity contribution in [3.8, 4) is 5.88 Å². The van der Waals surface area contributed by atoms with Gasteiger partial charge >= 0.3 is 0 Å². The van der Waals surface area contributed by atoms with Crippen molar-refractivity contribution in [2.45, 2.75) is 38.9 Å². The lowest BCUT2D eigenvalue weighted by Crippen LogP contribution is -2.38. The minimum atomic E-state index is -0.806. The van der Waals surface area contributed by atoms with Gasteiger partial charge in [-0.1, -0.05) is 6.92 Å². The summed E-state index contributed by atoms with van der Waals surface area (Å²) >= 11 is 0. The number of pyridine rings is 1. The van der Waals surface area contributed by atoms with Crippen LogP contribution in [0.4, 0.5) is 21.7 Å². The van der Waals surface area contributed by atoms with Crippen molar-refractivity contribution in [2.24, 2.45) is 11.5 Å². The van der Waals surface area contributed by atoms with Gasteiger partial charge in [0.15, 0.2) is 11.6 Å². The van der Waals surface area contributed by atoms with Crippen LogP contribution >= 0.6 is 0 Å². The first kappa shape index (κ1) is 24.2. The van der Waals surface area contributed by atoms with Crippen molar-refractivity contribution in [3.63, 3.8) is 0 Å². The van der Waals surface area contributed by atoms with Gasteiger partial charge < -0.3 is 31.6 Å². The maximum Gasteiger partial charge on any atom is 0.252 e. The second-order valence-corrected chi connectivity index (χ2v) is 7.67. The molecule has 0 unspecified atom stereocenters. The number of ether oxygens (including phenoxy) is 2. The molecule has 6 N–H and O–H groups in total. The molecule has 0 bridgehead atoms. The van der Waals surface area contributed by atoms with E-state index in [-0.39, 0.29) is 29.3 Å². The molecular formula is C22H30FN7O3. The fourth-order valence-corrected chi connectivity index (χ4v) is 3.41. The summed E-state index contributed by atoms with van der Waals surface area (Å²) in [5.74, 6) is -0.962. The maximum atomic E-state index is 14.6. The van der Waals surface area contributed by atoms with Gasteiger partial charge in [-0.2, -0.15) is 0 Å². The number of amides is 1. The molecule has 0 saturated heterocycles. The first-order chi connectivity index (χ1) is 15.8. The van der Waals surface area contributed by atoms with E-state index in [0.29, 0.717) is 31.1 Å². The smallest absolute Gasteiger partial charge is 0.252 e. The van der Waals surface area contributed by atoms with Gasteiger partial charge in [0.1, 0.15) is 5.82 Å². The lowest BCUT2D eigenvalue weighted by molar-refractivity contribution is 0.100. The third kappa shape index (κ3) is 5.32. The number of carbonyl (C=O) groups excluding carboxylic acids is 1. The Morgan fingerprint density at radius 3 is 2.67 bits per heavy atom. The second-order valence-electron chi connectivity index (χ2n) is 7.67. The average molecular weight is 460 g/mol. The van der Waals surface area contributed by atoms with Crippen molar-refractivity contribution in [2.75, 3.05) is 31.5 Å². The summed E-state index contributed by atoms with van der Waals surface area (Å²) in [6, 6.07) is 6.10. The summed E-state index contributed by atoms with van der Waals surface area (Å²) in [6.45, 7) is 4.84. The fourth-order valence-electron chi connectivity index (χ4n) is 3.41. The van der Waals surface area contributed by atoms with Gasteiger partial charge in [0.05, 0.1) is 36.7 Å². The van der Waals surface area contributed by atoms with E-state index in [1.165, 1.54) is 7.11 Å². The number of nitrogens with two attached hydrogens (primary N) is 2. The van der Waals surface area contributed by atoms with E-state index in [4.69, 9.17) is 20.9 Å². The molecule has 2 heterocycles. The van der Waals surface area contributed by atoms with E-state index in [1.807, 2.05) is 26.0 Å². The van der Waals surface area contributed by atoms with Crippen LogP contribution < -0.4 is 26.8 Å². The Labute approximate surface area is 191 Å². The number of halogens is 1. The third-order valence-corrected chi connectivity index (χ3v) is 5.40. The van der Waals surface area contributed by atoms with E-state index in [0.717, 1.165) is 17.0 Å². The van der Waals surface area contributed by atoms with Gasteiger partial charge in [-0.3, -0.25) is 9.48 Å². The molecule has 0 aliphatic rings. The van der Waals surface area contributed by atoms with E-state index >= 15 is 0 Å².